The molecule has 2 aromatic rings. The Morgan fingerprint density at radius 1 is 1.32 bits per heavy atom. The minimum Gasteiger partial charge on any atom is -0.352 e. The summed E-state index contributed by atoms with van der Waals surface area (Å²) in [5.41, 5.74) is 0. The molecule has 0 radical (unpaired) electrons. The van der Waals surface area contributed by atoms with Gasteiger partial charge in [-0.25, -0.2) is 0 Å². The fourth-order valence-corrected chi connectivity index (χ4v) is 2.38. The van der Waals surface area contributed by atoms with Gasteiger partial charge in [0.05, 0.1) is 13.1 Å². The number of aryl methyl sites for hydroxylation is 2. The molecule has 6 nitrogen and oxygen atoms in total. The Hall–Kier alpha value is -1.89. The number of hydrogen-bond acceptors (Lipinski definition) is 5. The Labute approximate surface area is 115 Å². The van der Waals surface area contributed by atoms with Crippen LogP contribution in [0.5, 0.6) is 0 Å². The second-order valence-electron chi connectivity index (χ2n) is 4.02. The summed E-state index contributed by atoms with van der Waals surface area (Å²) in [7, 11) is 1.73. The lowest BCUT2D eigenvalue weighted by atomic mass is 10.4. The van der Waals surface area contributed by atoms with Crippen molar-refractivity contribution in [2.24, 2.45) is 4.99 Å². The maximum Gasteiger partial charge on any atom is 0.223 e. The third-order valence-electron chi connectivity index (χ3n) is 2.43. The van der Waals surface area contributed by atoms with Gasteiger partial charge in [0, 0.05) is 23.7 Å². The lowest BCUT2D eigenvalue weighted by Crippen LogP contribution is -2.36. The van der Waals surface area contributed by atoms with Crippen LogP contribution in [0, 0.1) is 13.8 Å². The summed E-state index contributed by atoms with van der Waals surface area (Å²) < 4.78 is 4.90. The van der Waals surface area contributed by atoms with Crippen LogP contribution in [0.15, 0.2) is 21.6 Å². The van der Waals surface area contributed by atoms with E-state index in [0.29, 0.717) is 24.2 Å². The van der Waals surface area contributed by atoms with Crippen LogP contribution >= 0.6 is 11.3 Å². The first kappa shape index (κ1) is 13.5. The topological polar surface area (TPSA) is 75.3 Å². The highest BCUT2D eigenvalue weighted by Crippen LogP contribution is 2.14. The normalized spacial score (nSPS) is 11.6. The van der Waals surface area contributed by atoms with Crippen molar-refractivity contribution in [3.63, 3.8) is 0 Å². The molecule has 7 heteroatoms. The van der Waals surface area contributed by atoms with E-state index in [1.54, 1.807) is 25.3 Å². The molecule has 0 amide bonds. The van der Waals surface area contributed by atoms with Crippen LogP contribution in [-0.4, -0.2) is 23.1 Å². The molecule has 2 aromatic heterocycles. The van der Waals surface area contributed by atoms with E-state index < -0.39 is 0 Å². The van der Waals surface area contributed by atoms with E-state index in [4.69, 9.17) is 4.52 Å². The van der Waals surface area contributed by atoms with Gasteiger partial charge in [0.2, 0.25) is 5.89 Å². The number of aliphatic imine (C=N–C) groups is 1. The minimum absolute atomic E-state index is 0.487. The molecule has 2 N–H and O–H groups in total. The van der Waals surface area contributed by atoms with Gasteiger partial charge in [0.1, 0.15) is 0 Å². The summed E-state index contributed by atoms with van der Waals surface area (Å²) in [5.74, 6) is 1.90. The molecule has 0 spiro atoms. The molecule has 0 saturated heterocycles. The second-order valence-corrected chi connectivity index (χ2v) is 5.39. The van der Waals surface area contributed by atoms with E-state index >= 15 is 0 Å². The first-order valence-electron chi connectivity index (χ1n) is 5.96. The predicted molar refractivity (Wildman–Crippen MR) is 75.1 cm³/mol. The number of rotatable bonds is 4. The third kappa shape index (κ3) is 4.06. The van der Waals surface area contributed by atoms with Crippen molar-refractivity contribution in [1.29, 1.82) is 0 Å². The third-order valence-corrected chi connectivity index (χ3v) is 3.43. The van der Waals surface area contributed by atoms with Gasteiger partial charge in [-0.3, -0.25) is 4.99 Å². The molecule has 0 unspecified atom stereocenters. The van der Waals surface area contributed by atoms with Crippen molar-refractivity contribution in [3.8, 4) is 0 Å². The smallest absolute Gasteiger partial charge is 0.223 e. The Morgan fingerprint density at radius 2 is 2.11 bits per heavy atom. The highest BCUT2D eigenvalue weighted by Gasteiger charge is 2.04. The van der Waals surface area contributed by atoms with Gasteiger partial charge in [0.15, 0.2) is 11.8 Å². The van der Waals surface area contributed by atoms with Crippen LogP contribution in [0.1, 0.15) is 21.5 Å². The molecule has 0 fully saturated rings. The van der Waals surface area contributed by atoms with Crippen molar-refractivity contribution >= 4 is 17.3 Å². The molecule has 0 atom stereocenters. The maximum atomic E-state index is 4.90. The molecule has 102 valence electrons. The van der Waals surface area contributed by atoms with Crippen molar-refractivity contribution in [1.82, 2.24) is 20.8 Å². The quantitative estimate of drug-likeness (QED) is 0.657. The average Bonchev–Trinajstić information content (AvgIpc) is 2.99. The first-order valence-corrected chi connectivity index (χ1v) is 6.78. The molecule has 0 aromatic carbocycles. The lowest BCUT2D eigenvalue weighted by Gasteiger charge is -2.09. The number of thiophene rings is 1. The van der Waals surface area contributed by atoms with Gasteiger partial charge in [-0.15, -0.1) is 11.3 Å². The van der Waals surface area contributed by atoms with Crippen LogP contribution in [-0.2, 0) is 13.1 Å². The molecule has 2 rings (SSSR count). The summed E-state index contributed by atoms with van der Waals surface area (Å²) in [4.78, 5) is 10.8. The van der Waals surface area contributed by atoms with Crippen molar-refractivity contribution in [2.45, 2.75) is 26.9 Å². The molecule has 0 aliphatic carbocycles. The monoisotopic (exact) mass is 279 g/mol. The van der Waals surface area contributed by atoms with Crippen LogP contribution in [0.25, 0.3) is 0 Å². The Bertz CT molecular complexity index is 514. The Balaban J connectivity index is 1.80. The highest BCUT2D eigenvalue weighted by molar-refractivity contribution is 7.11. The minimum atomic E-state index is 0.487. The number of hydrogen-bond donors (Lipinski definition) is 2. The Morgan fingerprint density at radius 3 is 2.68 bits per heavy atom. The highest BCUT2D eigenvalue weighted by atomic mass is 32.1. The van der Waals surface area contributed by atoms with Gasteiger partial charge in [0.25, 0.3) is 0 Å². The van der Waals surface area contributed by atoms with E-state index in [1.807, 2.05) is 0 Å². The van der Waals surface area contributed by atoms with Gasteiger partial charge in [-0.05, 0) is 19.1 Å². The summed E-state index contributed by atoms with van der Waals surface area (Å²) >= 11 is 1.77. The largest absolute Gasteiger partial charge is 0.352 e. The maximum absolute atomic E-state index is 4.90. The molecule has 0 saturated carbocycles. The van der Waals surface area contributed by atoms with E-state index in [0.717, 1.165) is 6.54 Å². The van der Waals surface area contributed by atoms with Crippen molar-refractivity contribution in [2.75, 3.05) is 7.05 Å². The zero-order valence-electron chi connectivity index (χ0n) is 11.2. The number of nitrogens with zero attached hydrogens (tertiary/aromatic N) is 3. The van der Waals surface area contributed by atoms with Crippen LogP contribution in [0.3, 0.4) is 0 Å². The fourth-order valence-electron chi connectivity index (χ4n) is 1.55. The summed E-state index contributed by atoms with van der Waals surface area (Å²) in [6, 6.07) is 4.22. The van der Waals surface area contributed by atoms with E-state index in [9.17, 15) is 0 Å². The summed E-state index contributed by atoms with van der Waals surface area (Å²) in [5, 5.41) is 10.2. The zero-order valence-corrected chi connectivity index (χ0v) is 12.0. The molecular weight excluding hydrogens is 262 g/mol. The Kier molecular flexibility index (Phi) is 4.51. The lowest BCUT2D eigenvalue weighted by molar-refractivity contribution is 0.387. The number of guanidine groups is 1. The second kappa shape index (κ2) is 6.33. The van der Waals surface area contributed by atoms with Crippen molar-refractivity contribution < 1.29 is 4.52 Å². The molecule has 0 bridgehead atoms. The van der Waals surface area contributed by atoms with Crippen molar-refractivity contribution in [3.05, 3.63) is 33.6 Å². The standard InChI is InChI=1S/C12H17N5OS/c1-8-4-5-10(19-8)6-14-12(13-3)15-7-11-16-9(2)18-17-11/h4-5H,6-7H2,1-3H3,(H2,13,14,15). The SMILES string of the molecule is CN=C(NCc1noc(C)n1)NCc1ccc(C)s1. The average molecular weight is 279 g/mol. The predicted octanol–water partition coefficient (Wildman–Crippen LogP) is 1.61. The van der Waals surface area contributed by atoms with Gasteiger partial charge in [-0.1, -0.05) is 5.16 Å². The molecular formula is C12H17N5OS. The van der Waals surface area contributed by atoms with Crippen LogP contribution in [0.4, 0.5) is 0 Å². The molecule has 0 aliphatic rings. The van der Waals surface area contributed by atoms with E-state index in [-0.39, 0.29) is 0 Å². The molecule has 19 heavy (non-hydrogen) atoms. The summed E-state index contributed by atoms with van der Waals surface area (Å²) in [6.45, 7) is 5.10. The van der Waals surface area contributed by atoms with Crippen LogP contribution in [0.2, 0.25) is 0 Å². The molecule has 2 heterocycles. The fraction of sp³-hybridized carbons (Fsp3) is 0.417. The van der Waals surface area contributed by atoms with Crippen LogP contribution < -0.4 is 10.6 Å². The van der Waals surface area contributed by atoms with E-state index in [2.05, 4.69) is 44.8 Å². The van der Waals surface area contributed by atoms with Gasteiger partial charge < -0.3 is 15.2 Å². The number of nitrogens with one attached hydrogen (secondary N) is 2. The van der Waals surface area contributed by atoms with Gasteiger partial charge >= 0.3 is 0 Å². The zero-order chi connectivity index (χ0) is 13.7. The first-order chi connectivity index (χ1) is 9.17. The number of aromatic nitrogens is 2. The summed E-state index contributed by atoms with van der Waals surface area (Å²) in [6.07, 6.45) is 0. The molecule has 0 aliphatic heterocycles. The van der Waals surface area contributed by atoms with Gasteiger partial charge in [-0.2, -0.15) is 4.98 Å². The van der Waals surface area contributed by atoms with E-state index in [1.165, 1.54) is 9.75 Å².